The van der Waals surface area contributed by atoms with Crippen molar-refractivity contribution in [3.8, 4) is 6.07 Å². The van der Waals surface area contributed by atoms with Crippen LogP contribution in [-0.2, 0) is 4.79 Å². The van der Waals surface area contributed by atoms with E-state index in [1.807, 2.05) is 41.3 Å². The van der Waals surface area contributed by atoms with E-state index in [0.29, 0.717) is 40.3 Å². The summed E-state index contributed by atoms with van der Waals surface area (Å²) in [6.45, 7) is 4.19. The number of rotatable bonds is 1. The minimum atomic E-state index is -0.481. The molecule has 5 rings (SSSR count). The van der Waals surface area contributed by atoms with E-state index in [1.54, 1.807) is 12.1 Å². The normalized spacial score (nSPS) is 22.0. The smallest absolute Gasteiger partial charge is 0.170 e. The van der Waals surface area contributed by atoms with Crippen LogP contribution in [0, 0.1) is 16.7 Å². The minimum Gasteiger partial charge on any atom is -0.315 e. The molecule has 0 saturated carbocycles. The van der Waals surface area contributed by atoms with E-state index in [9.17, 15) is 14.9 Å². The van der Waals surface area contributed by atoms with Gasteiger partial charge in [-0.2, -0.15) is 5.26 Å². The number of fused-ring (bicyclic) bond motifs is 4. The molecule has 0 bridgehead atoms. The fourth-order valence-corrected chi connectivity index (χ4v) is 5.28. The number of hydrogen-bond acceptors (Lipinski definition) is 4. The predicted molar refractivity (Wildman–Crippen MR) is 120 cm³/mol. The van der Waals surface area contributed by atoms with E-state index in [1.165, 1.54) is 0 Å². The summed E-state index contributed by atoms with van der Waals surface area (Å²) in [6, 6.07) is 17.1. The second-order valence-electron chi connectivity index (χ2n) is 9.21. The maximum absolute atomic E-state index is 13.5. The molecule has 5 heteroatoms. The van der Waals surface area contributed by atoms with Gasteiger partial charge in [0.25, 0.3) is 0 Å². The summed E-state index contributed by atoms with van der Waals surface area (Å²) in [6.07, 6.45) is 1.27. The second-order valence-corrected chi connectivity index (χ2v) is 9.65. The number of hydrogen-bond donors (Lipinski definition) is 0. The molecule has 2 aliphatic heterocycles. The first-order valence-corrected chi connectivity index (χ1v) is 10.8. The van der Waals surface area contributed by atoms with Gasteiger partial charge in [0.05, 0.1) is 29.7 Å². The number of nitrogens with zero attached hydrogens (tertiary/aromatic N) is 2. The number of anilines is 1. The van der Waals surface area contributed by atoms with Crippen molar-refractivity contribution >= 4 is 28.9 Å². The lowest BCUT2D eigenvalue weighted by Gasteiger charge is -2.46. The van der Waals surface area contributed by atoms with Gasteiger partial charge in [0, 0.05) is 34.0 Å². The lowest BCUT2D eigenvalue weighted by atomic mass is 9.67. The molecule has 0 N–H and O–H groups in total. The van der Waals surface area contributed by atoms with E-state index in [4.69, 9.17) is 11.6 Å². The summed E-state index contributed by atoms with van der Waals surface area (Å²) in [7, 11) is 0. The highest BCUT2D eigenvalue weighted by molar-refractivity contribution is 6.30. The molecule has 2 heterocycles. The molecule has 0 fully saturated rings. The van der Waals surface area contributed by atoms with Crippen molar-refractivity contribution in [1.29, 1.82) is 5.26 Å². The molecule has 1 unspecified atom stereocenters. The van der Waals surface area contributed by atoms with Crippen LogP contribution in [0.2, 0.25) is 5.02 Å². The zero-order valence-electron chi connectivity index (χ0n) is 17.4. The van der Waals surface area contributed by atoms with E-state index in [2.05, 4.69) is 19.9 Å². The van der Waals surface area contributed by atoms with Gasteiger partial charge in [0.15, 0.2) is 11.6 Å². The first-order valence-electron chi connectivity index (χ1n) is 10.4. The summed E-state index contributed by atoms with van der Waals surface area (Å²) in [5, 5.41) is 10.8. The monoisotopic (exact) mass is 428 g/mol. The van der Waals surface area contributed by atoms with Crippen molar-refractivity contribution in [3.63, 3.8) is 0 Å². The van der Waals surface area contributed by atoms with Crippen LogP contribution in [0.5, 0.6) is 0 Å². The molecule has 2 aromatic carbocycles. The van der Waals surface area contributed by atoms with Crippen molar-refractivity contribution in [2.75, 3.05) is 4.90 Å². The third kappa shape index (κ3) is 3.04. The van der Waals surface area contributed by atoms with Crippen LogP contribution in [0.15, 0.2) is 71.1 Å². The average molecular weight is 429 g/mol. The lowest BCUT2D eigenvalue weighted by molar-refractivity contribution is -0.118. The van der Waals surface area contributed by atoms with Crippen molar-refractivity contribution in [1.82, 2.24) is 0 Å². The van der Waals surface area contributed by atoms with Gasteiger partial charge in [-0.1, -0.05) is 49.7 Å². The highest BCUT2D eigenvalue weighted by Gasteiger charge is 2.47. The van der Waals surface area contributed by atoms with Crippen molar-refractivity contribution < 1.29 is 9.59 Å². The van der Waals surface area contributed by atoms with Crippen LogP contribution in [0.1, 0.15) is 54.9 Å². The fourth-order valence-electron chi connectivity index (χ4n) is 5.16. The molecule has 3 aliphatic rings. The Labute approximate surface area is 186 Å². The number of Topliss-reactive ketones (excluding diaryl/α,β-unsaturated/α-hetero) is 2. The average Bonchev–Trinajstić information content (AvgIpc) is 2.72. The van der Waals surface area contributed by atoms with Crippen LogP contribution in [0.3, 0.4) is 0 Å². The zero-order chi connectivity index (χ0) is 21.9. The van der Waals surface area contributed by atoms with Crippen molar-refractivity contribution in [3.05, 3.63) is 87.2 Å². The number of halogens is 1. The summed E-state index contributed by atoms with van der Waals surface area (Å²) in [5.41, 5.74) is 4.78. The quantitative estimate of drug-likeness (QED) is 0.563. The lowest BCUT2D eigenvalue weighted by Crippen LogP contribution is -2.42. The van der Waals surface area contributed by atoms with E-state index >= 15 is 0 Å². The summed E-state index contributed by atoms with van der Waals surface area (Å²) in [5.74, 6) is -0.424. The van der Waals surface area contributed by atoms with Gasteiger partial charge in [0.1, 0.15) is 0 Å². The van der Waals surface area contributed by atoms with Gasteiger partial charge >= 0.3 is 0 Å². The number of para-hydroxylation sites is 1. The topological polar surface area (TPSA) is 61.2 Å². The summed E-state index contributed by atoms with van der Waals surface area (Å²) in [4.78, 5) is 28.5. The van der Waals surface area contributed by atoms with Gasteiger partial charge in [-0.15, -0.1) is 0 Å². The van der Waals surface area contributed by atoms with Gasteiger partial charge in [0.2, 0.25) is 0 Å². The Morgan fingerprint density at radius 2 is 1.71 bits per heavy atom. The Kier molecular flexibility index (Phi) is 4.42. The Balaban J connectivity index is 1.83. The third-order valence-electron chi connectivity index (χ3n) is 6.42. The van der Waals surface area contributed by atoms with Crippen LogP contribution in [0.4, 0.5) is 5.69 Å². The van der Waals surface area contributed by atoms with Crippen LogP contribution < -0.4 is 4.90 Å². The van der Waals surface area contributed by atoms with E-state index in [-0.39, 0.29) is 23.4 Å². The first-order chi connectivity index (χ1) is 14.8. The molecule has 0 aromatic heterocycles. The Hall–Kier alpha value is -3.16. The first kappa shape index (κ1) is 19.8. The summed E-state index contributed by atoms with van der Waals surface area (Å²) >= 11 is 6.10. The molecule has 31 heavy (non-hydrogen) atoms. The van der Waals surface area contributed by atoms with E-state index in [0.717, 1.165) is 16.9 Å². The highest BCUT2D eigenvalue weighted by atomic mass is 35.5. The fraction of sp³-hybridized carbons (Fsp3) is 0.269. The van der Waals surface area contributed by atoms with Crippen molar-refractivity contribution in [2.45, 2.75) is 39.0 Å². The summed E-state index contributed by atoms with van der Waals surface area (Å²) < 4.78 is 0. The van der Waals surface area contributed by atoms with Gasteiger partial charge in [-0.3, -0.25) is 9.59 Å². The molecule has 2 aromatic rings. The Bertz CT molecular complexity index is 1240. The van der Waals surface area contributed by atoms with Gasteiger partial charge < -0.3 is 4.90 Å². The second kappa shape index (κ2) is 6.93. The number of ketones is 2. The SMILES string of the molecule is CC1(C)CC(=O)C2=C(C1)N1C(=C(C#N)C2c2ccc(Cl)cc2)CC(=O)c2ccccc21. The predicted octanol–water partition coefficient (Wildman–Crippen LogP) is 5.95. The standard InChI is InChI=1S/C26H21ClN2O2/c1-26(2)12-21-25(23(31)13-26)24(15-7-9-16(27)10-8-15)18(14-28)20-11-22(30)17-5-3-4-6-19(17)29(20)21/h3-10,24H,11-13H2,1-2H3. The maximum Gasteiger partial charge on any atom is 0.170 e. The molecule has 0 saturated heterocycles. The number of nitriles is 1. The Morgan fingerprint density at radius 3 is 2.42 bits per heavy atom. The van der Waals surface area contributed by atoms with Crippen molar-refractivity contribution in [2.24, 2.45) is 5.41 Å². The molecular formula is C26H21ClN2O2. The molecule has 4 nitrogen and oxygen atoms in total. The van der Waals surface area contributed by atoms with Crippen LogP contribution in [0.25, 0.3) is 0 Å². The third-order valence-corrected chi connectivity index (χ3v) is 6.67. The molecule has 0 amide bonds. The number of carbonyl (C=O) groups excluding carboxylic acids is 2. The molecule has 0 radical (unpaired) electrons. The molecule has 1 atom stereocenters. The maximum atomic E-state index is 13.5. The van der Waals surface area contributed by atoms with Gasteiger partial charge in [-0.05, 0) is 41.7 Å². The van der Waals surface area contributed by atoms with Gasteiger partial charge in [-0.25, -0.2) is 0 Å². The highest BCUT2D eigenvalue weighted by Crippen LogP contribution is 2.53. The van der Waals surface area contributed by atoms with Crippen LogP contribution in [-0.4, -0.2) is 11.6 Å². The molecule has 1 aliphatic carbocycles. The molecule has 0 spiro atoms. The van der Waals surface area contributed by atoms with E-state index < -0.39 is 5.92 Å². The van der Waals surface area contributed by atoms with Crippen LogP contribution >= 0.6 is 11.6 Å². The number of carbonyl (C=O) groups is 2. The minimum absolute atomic E-state index is 0.00472. The zero-order valence-corrected chi connectivity index (χ0v) is 18.2. The largest absolute Gasteiger partial charge is 0.315 e. The molecular weight excluding hydrogens is 408 g/mol. The Morgan fingerprint density at radius 1 is 1.00 bits per heavy atom. The number of benzene rings is 2. The molecule has 154 valence electrons. The number of allylic oxidation sites excluding steroid dienone is 4.